The van der Waals surface area contributed by atoms with Crippen LogP contribution < -0.4 is 16.0 Å². The number of aryl methyl sites for hydroxylation is 1. The molecule has 3 N–H and O–H groups in total. The number of carbonyl (C=O) groups excluding carboxylic acids is 1. The van der Waals surface area contributed by atoms with Gasteiger partial charge in [-0.3, -0.25) is 10.2 Å². The molecule has 0 saturated heterocycles. The molecule has 2 aromatic rings. The minimum atomic E-state index is -0.309. The molecule has 5 nitrogen and oxygen atoms in total. The van der Waals surface area contributed by atoms with Crippen LogP contribution >= 0.6 is 11.3 Å². The number of ether oxygens (including phenoxy) is 1. The maximum Gasteiger partial charge on any atom is 0.275 e. The number of nitrogens with two attached hydrogens (primary N) is 1. The van der Waals surface area contributed by atoms with Crippen molar-refractivity contribution in [3.63, 3.8) is 0 Å². The quantitative estimate of drug-likeness (QED) is 0.512. The minimum Gasteiger partial charge on any atom is -0.489 e. The molecule has 1 aromatic heterocycles. The molecular weight excluding hydrogens is 274 g/mol. The summed E-state index contributed by atoms with van der Waals surface area (Å²) in [5.41, 5.74) is 3.58. The smallest absolute Gasteiger partial charge is 0.275 e. The first-order valence-corrected chi connectivity index (χ1v) is 6.69. The third-order valence-electron chi connectivity index (χ3n) is 2.73. The molecule has 6 heteroatoms. The first-order chi connectivity index (χ1) is 9.63. The van der Waals surface area contributed by atoms with Crippen molar-refractivity contribution in [2.75, 3.05) is 0 Å². The van der Waals surface area contributed by atoms with Gasteiger partial charge in [0.1, 0.15) is 12.4 Å². The van der Waals surface area contributed by atoms with E-state index in [2.05, 4.69) is 11.5 Å². The van der Waals surface area contributed by atoms with Crippen LogP contribution in [0.15, 0.2) is 30.3 Å². The molecule has 0 unspecified atom stereocenters. The Balaban J connectivity index is 2.09. The molecule has 0 aliphatic heterocycles. The maximum atomic E-state index is 11.4. The van der Waals surface area contributed by atoms with E-state index in [0.717, 1.165) is 10.4 Å². The lowest BCUT2D eigenvalue weighted by Gasteiger charge is -2.05. The van der Waals surface area contributed by atoms with E-state index in [-0.39, 0.29) is 5.91 Å². The normalized spacial score (nSPS) is 9.85. The van der Waals surface area contributed by atoms with Crippen molar-refractivity contribution in [1.82, 2.24) is 5.43 Å². The van der Waals surface area contributed by atoms with E-state index in [9.17, 15) is 4.79 Å². The molecule has 0 saturated carbocycles. The fraction of sp³-hybridized carbons (Fsp3) is 0.143. The van der Waals surface area contributed by atoms with Crippen LogP contribution in [0.5, 0.6) is 5.75 Å². The number of benzene rings is 1. The molecule has 1 heterocycles. The van der Waals surface area contributed by atoms with E-state index < -0.39 is 0 Å². The van der Waals surface area contributed by atoms with Crippen LogP contribution in [-0.4, -0.2) is 5.91 Å². The summed E-state index contributed by atoms with van der Waals surface area (Å²) in [6.07, 6.45) is 0. The third-order valence-corrected chi connectivity index (χ3v) is 3.82. The third kappa shape index (κ3) is 3.15. The van der Waals surface area contributed by atoms with Gasteiger partial charge in [-0.05, 0) is 31.2 Å². The first-order valence-electron chi connectivity index (χ1n) is 5.87. The number of nitrogens with zero attached hydrogens (tertiary/aromatic N) is 1. The van der Waals surface area contributed by atoms with E-state index in [1.54, 1.807) is 30.3 Å². The monoisotopic (exact) mass is 287 g/mol. The van der Waals surface area contributed by atoms with Crippen LogP contribution in [0.4, 0.5) is 0 Å². The fourth-order valence-electron chi connectivity index (χ4n) is 1.66. The topological polar surface area (TPSA) is 88.1 Å². The molecule has 0 bridgehead atoms. The van der Waals surface area contributed by atoms with Crippen molar-refractivity contribution < 1.29 is 9.53 Å². The Bertz CT molecular complexity index is 673. The minimum absolute atomic E-state index is 0.309. The largest absolute Gasteiger partial charge is 0.489 e. The molecule has 1 amide bonds. The summed E-state index contributed by atoms with van der Waals surface area (Å²) in [4.78, 5) is 13.0. The number of hydrogen-bond donors (Lipinski definition) is 2. The molecule has 0 radical (unpaired) electrons. The summed E-state index contributed by atoms with van der Waals surface area (Å²) in [5.74, 6) is 5.42. The lowest BCUT2D eigenvalue weighted by atomic mass is 10.2. The van der Waals surface area contributed by atoms with E-state index in [1.807, 2.05) is 6.92 Å². The van der Waals surface area contributed by atoms with Gasteiger partial charge in [-0.15, -0.1) is 11.3 Å². The number of nitrogens with one attached hydrogen (secondary N) is 1. The predicted molar refractivity (Wildman–Crippen MR) is 76.2 cm³/mol. The summed E-state index contributed by atoms with van der Waals surface area (Å²) >= 11 is 1.37. The molecule has 0 aliphatic rings. The summed E-state index contributed by atoms with van der Waals surface area (Å²) in [6.45, 7) is 2.26. The molecule has 1 aromatic carbocycles. The molecule has 20 heavy (non-hydrogen) atoms. The number of nitrogen functional groups attached to an aromatic ring is 1. The fourth-order valence-corrected chi connectivity index (χ4v) is 2.59. The molecule has 0 aliphatic carbocycles. The Morgan fingerprint density at radius 3 is 3.00 bits per heavy atom. The Labute approximate surface area is 120 Å². The van der Waals surface area contributed by atoms with Crippen molar-refractivity contribution in [2.45, 2.75) is 13.5 Å². The zero-order valence-electron chi connectivity index (χ0n) is 10.8. The first kappa shape index (κ1) is 14.1. The highest BCUT2D eigenvalue weighted by Crippen LogP contribution is 2.23. The Hall–Kier alpha value is -2.36. The van der Waals surface area contributed by atoms with Gasteiger partial charge in [-0.2, -0.15) is 5.26 Å². The van der Waals surface area contributed by atoms with E-state index in [1.165, 1.54) is 11.3 Å². The average molecular weight is 287 g/mol. The van der Waals surface area contributed by atoms with Crippen LogP contribution in [0.1, 0.15) is 25.7 Å². The van der Waals surface area contributed by atoms with Gasteiger partial charge in [-0.25, -0.2) is 5.84 Å². The zero-order chi connectivity index (χ0) is 14.5. The van der Waals surface area contributed by atoms with Crippen molar-refractivity contribution in [1.29, 1.82) is 5.26 Å². The predicted octanol–water partition coefficient (Wildman–Crippen LogP) is 2.11. The van der Waals surface area contributed by atoms with Gasteiger partial charge in [0.25, 0.3) is 5.91 Å². The van der Waals surface area contributed by atoms with Crippen molar-refractivity contribution >= 4 is 17.2 Å². The number of amides is 1. The lowest BCUT2D eigenvalue weighted by Crippen LogP contribution is -2.29. The Morgan fingerprint density at radius 2 is 2.30 bits per heavy atom. The van der Waals surface area contributed by atoms with Gasteiger partial charge in [0.15, 0.2) is 0 Å². The SMILES string of the molecule is Cc1sc(C(=O)NN)cc1COc1cccc(C#N)c1. The van der Waals surface area contributed by atoms with Crippen LogP contribution in [-0.2, 0) is 6.61 Å². The average Bonchev–Trinajstić information content (AvgIpc) is 2.85. The summed E-state index contributed by atoms with van der Waals surface area (Å²) in [5, 5.41) is 8.82. The lowest BCUT2D eigenvalue weighted by molar-refractivity contribution is 0.0957. The number of thiophene rings is 1. The van der Waals surface area contributed by atoms with Gasteiger partial charge < -0.3 is 4.74 Å². The molecule has 2 rings (SSSR count). The van der Waals surface area contributed by atoms with Crippen LogP contribution in [0.2, 0.25) is 0 Å². The highest BCUT2D eigenvalue weighted by Gasteiger charge is 2.11. The number of hydrogen-bond acceptors (Lipinski definition) is 5. The van der Waals surface area contributed by atoms with Crippen molar-refractivity contribution in [2.24, 2.45) is 5.84 Å². The second kappa shape index (κ2) is 6.19. The Morgan fingerprint density at radius 1 is 1.50 bits per heavy atom. The van der Waals surface area contributed by atoms with Crippen molar-refractivity contribution in [3.8, 4) is 11.8 Å². The number of nitriles is 1. The molecule has 0 fully saturated rings. The zero-order valence-corrected chi connectivity index (χ0v) is 11.7. The van der Waals surface area contributed by atoms with Crippen molar-refractivity contribution in [3.05, 3.63) is 51.2 Å². The Kier molecular flexibility index (Phi) is 4.35. The molecule has 0 atom stereocenters. The van der Waals surface area contributed by atoms with Crippen LogP contribution in [0, 0.1) is 18.3 Å². The van der Waals surface area contributed by atoms with Gasteiger partial charge in [-0.1, -0.05) is 6.07 Å². The van der Waals surface area contributed by atoms with Gasteiger partial charge in [0.2, 0.25) is 0 Å². The van der Waals surface area contributed by atoms with E-state index in [4.69, 9.17) is 15.8 Å². The highest BCUT2D eigenvalue weighted by atomic mass is 32.1. The van der Waals surface area contributed by atoms with Crippen LogP contribution in [0.25, 0.3) is 0 Å². The van der Waals surface area contributed by atoms with E-state index >= 15 is 0 Å². The van der Waals surface area contributed by atoms with Gasteiger partial charge in [0, 0.05) is 10.4 Å². The van der Waals surface area contributed by atoms with Gasteiger partial charge >= 0.3 is 0 Å². The number of rotatable bonds is 4. The van der Waals surface area contributed by atoms with Crippen LogP contribution in [0.3, 0.4) is 0 Å². The van der Waals surface area contributed by atoms with E-state index in [0.29, 0.717) is 22.8 Å². The maximum absolute atomic E-state index is 11.4. The number of carbonyl (C=O) groups is 1. The molecular formula is C14H13N3O2S. The summed E-state index contributed by atoms with van der Waals surface area (Å²) < 4.78 is 5.63. The molecule has 0 spiro atoms. The second-order valence-corrected chi connectivity index (χ2v) is 5.35. The number of hydrazine groups is 1. The van der Waals surface area contributed by atoms with Gasteiger partial charge in [0.05, 0.1) is 16.5 Å². The standard InChI is InChI=1S/C14H13N3O2S/c1-9-11(6-13(20-9)14(18)17-16)8-19-12-4-2-3-10(5-12)7-15/h2-6H,8,16H2,1H3,(H,17,18). The summed E-state index contributed by atoms with van der Waals surface area (Å²) in [6, 6.07) is 10.8. The highest BCUT2D eigenvalue weighted by molar-refractivity contribution is 7.14. The summed E-state index contributed by atoms with van der Waals surface area (Å²) in [7, 11) is 0. The molecule has 102 valence electrons. The second-order valence-electron chi connectivity index (χ2n) is 4.09.